The van der Waals surface area contributed by atoms with Crippen LogP contribution in [0.1, 0.15) is 11.1 Å². The number of methoxy groups -OCH3 is 1. The Kier molecular flexibility index (Phi) is 5.26. The summed E-state index contributed by atoms with van der Waals surface area (Å²) >= 11 is 1.65. The Morgan fingerprint density at radius 1 is 1.36 bits per heavy atom. The van der Waals surface area contributed by atoms with Gasteiger partial charge in [-0.05, 0) is 12.1 Å². The zero-order valence-corrected chi connectivity index (χ0v) is 13.4. The Hall–Kier alpha value is -1.63. The minimum absolute atomic E-state index is 0.0833. The molecule has 1 aromatic carbocycles. The first-order valence-corrected chi connectivity index (χ1v) is 8.24. The summed E-state index contributed by atoms with van der Waals surface area (Å²) in [5.41, 5.74) is 0. The van der Waals surface area contributed by atoms with Crippen LogP contribution in [0.3, 0.4) is 0 Å². The first-order chi connectivity index (χ1) is 10.9. The summed E-state index contributed by atoms with van der Waals surface area (Å²) in [5.74, 6) is 1.56. The Bertz CT molecular complexity index is 577. The normalized spacial score (nSPS) is 19.0. The third kappa shape index (κ3) is 3.76. The van der Waals surface area contributed by atoms with Gasteiger partial charge in [-0.1, -0.05) is 12.1 Å². The van der Waals surface area contributed by atoms with Gasteiger partial charge in [-0.25, -0.2) is 4.98 Å². The third-order valence-corrected chi connectivity index (χ3v) is 4.48. The van der Waals surface area contributed by atoms with Gasteiger partial charge in [0.05, 0.1) is 13.7 Å². The van der Waals surface area contributed by atoms with Crippen molar-refractivity contribution in [2.45, 2.75) is 6.10 Å². The molecule has 1 aromatic heterocycles. The molecule has 0 bridgehead atoms. The molecule has 2 heterocycles. The lowest BCUT2D eigenvalue weighted by Gasteiger charge is -2.31. The van der Waals surface area contributed by atoms with Crippen LogP contribution < -0.4 is 9.47 Å². The summed E-state index contributed by atoms with van der Waals surface area (Å²) in [7, 11) is 1.66. The largest absolute Gasteiger partial charge is 0.493 e. The van der Waals surface area contributed by atoms with Crippen molar-refractivity contribution >= 4 is 11.3 Å². The lowest BCUT2D eigenvalue weighted by molar-refractivity contribution is -0.0330. The Morgan fingerprint density at radius 2 is 2.23 bits per heavy atom. The monoisotopic (exact) mass is 320 g/mol. The van der Waals surface area contributed by atoms with E-state index < -0.39 is 0 Å². The molecule has 0 spiro atoms. The lowest BCUT2D eigenvalue weighted by atomic mass is 10.3. The number of benzene rings is 1. The maximum atomic E-state index is 5.84. The SMILES string of the molecule is COc1ccccc1OCCN1CCO[C@H](c2nccs2)C1. The van der Waals surface area contributed by atoms with E-state index in [0.29, 0.717) is 6.61 Å². The smallest absolute Gasteiger partial charge is 0.161 e. The zero-order chi connectivity index (χ0) is 15.2. The van der Waals surface area contributed by atoms with Gasteiger partial charge in [-0.3, -0.25) is 4.90 Å². The van der Waals surface area contributed by atoms with Gasteiger partial charge in [0.1, 0.15) is 17.7 Å². The topological polar surface area (TPSA) is 43.8 Å². The van der Waals surface area contributed by atoms with Crippen molar-refractivity contribution in [1.82, 2.24) is 9.88 Å². The van der Waals surface area contributed by atoms with Gasteiger partial charge in [0.15, 0.2) is 11.5 Å². The van der Waals surface area contributed by atoms with E-state index in [0.717, 1.165) is 42.7 Å². The van der Waals surface area contributed by atoms with Crippen LogP contribution in [0.5, 0.6) is 11.5 Å². The standard InChI is InChI=1S/C16H20N2O3S/c1-19-13-4-2-3-5-14(13)20-9-7-18-8-10-21-15(12-18)16-17-6-11-22-16/h2-6,11,15H,7-10,12H2,1H3/t15-/m0/s1. The quantitative estimate of drug-likeness (QED) is 0.818. The second-order valence-corrected chi connectivity index (χ2v) is 5.96. The van der Waals surface area contributed by atoms with Gasteiger partial charge >= 0.3 is 0 Å². The molecule has 5 nitrogen and oxygen atoms in total. The molecule has 1 aliphatic heterocycles. The first kappa shape index (κ1) is 15.3. The Labute approximate surface area is 134 Å². The fraction of sp³-hybridized carbons (Fsp3) is 0.438. The molecule has 0 saturated carbocycles. The van der Waals surface area contributed by atoms with E-state index >= 15 is 0 Å². The van der Waals surface area contributed by atoms with E-state index in [9.17, 15) is 0 Å². The molecular weight excluding hydrogens is 300 g/mol. The molecule has 1 fully saturated rings. The fourth-order valence-corrected chi connectivity index (χ4v) is 3.15. The highest BCUT2D eigenvalue weighted by Crippen LogP contribution is 2.26. The van der Waals surface area contributed by atoms with Gasteiger partial charge in [0.25, 0.3) is 0 Å². The highest BCUT2D eigenvalue weighted by Gasteiger charge is 2.23. The minimum atomic E-state index is 0.0833. The molecule has 1 atom stereocenters. The predicted octanol–water partition coefficient (Wildman–Crippen LogP) is 2.60. The molecule has 0 N–H and O–H groups in total. The van der Waals surface area contributed by atoms with Crippen molar-refractivity contribution in [3.63, 3.8) is 0 Å². The van der Waals surface area contributed by atoms with Crippen LogP contribution in [-0.4, -0.2) is 49.8 Å². The van der Waals surface area contributed by atoms with E-state index in [2.05, 4.69) is 9.88 Å². The minimum Gasteiger partial charge on any atom is -0.493 e. The van der Waals surface area contributed by atoms with Crippen LogP contribution in [0, 0.1) is 0 Å². The molecule has 0 aliphatic carbocycles. The molecule has 2 aromatic rings. The summed E-state index contributed by atoms with van der Waals surface area (Å²) in [4.78, 5) is 6.70. The number of ether oxygens (including phenoxy) is 3. The number of rotatable bonds is 6. The average molecular weight is 320 g/mol. The first-order valence-electron chi connectivity index (χ1n) is 7.36. The van der Waals surface area contributed by atoms with E-state index in [1.54, 1.807) is 18.4 Å². The van der Waals surface area contributed by atoms with Gasteiger partial charge in [0.2, 0.25) is 0 Å². The fourth-order valence-electron chi connectivity index (χ4n) is 2.47. The van der Waals surface area contributed by atoms with Crippen molar-refractivity contribution in [2.75, 3.05) is 40.0 Å². The highest BCUT2D eigenvalue weighted by molar-refractivity contribution is 7.09. The van der Waals surface area contributed by atoms with Crippen LogP contribution in [0.25, 0.3) is 0 Å². The molecule has 0 radical (unpaired) electrons. The van der Waals surface area contributed by atoms with Crippen LogP contribution in [0.4, 0.5) is 0 Å². The Morgan fingerprint density at radius 3 is 3.00 bits per heavy atom. The molecular formula is C16H20N2O3S. The van der Waals surface area contributed by atoms with E-state index in [1.807, 2.05) is 35.8 Å². The number of nitrogens with zero attached hydrogens (tertiary/aromatic N) is 2. The summed E-state index contributed by atoms with van der Waals surface area (Å²) < 4.78 is 16.9. The molecule has 118 valence electrons. The number of morpholine rings is 1. The summed E-state index contributed by atoms with van der Waals surface area (Å²) in [6.07, 6.45) is 1.91. The van der Waals surface area contributed by atoms with Crippen molar-refractivity contribution in [1.29, 1.82) is 0 Å². The average Bonchev–Trinajstić information content (AvgIpc) is 3.10. The summed E-state index contributed by atoms with van der Waals surface area (Å²) in [6, 6.07) is 7.72. The molecule has 6 heteroatoms. The van der Waals surface area contributed by atoms with Crippen LogP contribution >= 0.6 is 11.3 Å². The predicted molar refractivity (Wildman–Crippen MR) is 85.7 cm³/mol. The lowest BCUT2D eigenvalue weighted by Crippen LogP contribution is -2.40. The Balaban J connectivity index is 1.49. The maximum absolute atomic E-state index is 5.84. The zero-order valence-electron chi connectivity index (χ0n) is 12.6. The highest BCUT2D eigenvalue weighted by atomic mass is 32.1. The number of hydrogen-bond donors (Lipinski definition) is 0. The second kappa shape index (κ2) is 7.58. The number of hydrogen-bond acceptors (Lipinski definition) is 6. The molecule has 1 aliphatic rings. The molecule has 22 heavy (non-hydrogen) atoms. The summed E-state index contributed by atoms with van der Waals surface area (Å²) in [5, 5.41) is 3.04. The van der Waals surface area contributed by atoms with Gasteiger partial charge in [0, 0.05) is 31.2 Å². The molecule has 0 amide bonds. The van der Waals surface area contributed by atoms with Gasteiger partial charge in [-0.2, -0.15) is 0 Å². The van der Waals surface area contributed by atoms with Crippen LogP contribution in [0.2, 0.25) is 0 Å². The van der Waals surface area contributed by atoms with Crippen molar-refractivity contribution < 1.29 is 14.2 Å². The molecule has 3 rings (SSSR count). The van der Waals surface area contributed by atoms with Crippen molar-refractivity contribution in [2.24, 2.45) is 0 Å². The second-order valence-electron chi connectivity index (χ2n) is 5.03. The van der Waals surface area contributed by atoms with Crippen LogP contribution in [0.15, 0.2) is 35.8 Å². The van der Waals surface area contributed by atoms with Gasteiger partial charge < -0.3 is 14.2 Å². The third-order valence-electron chi connectivity index (χ3n) is 3.61. The number of para-hydroxylation sites is 2. The van der Waals surface area contributed by atoms with E-state index in [-0.39, 0.29) is 6.10 Å². The van der Waals surface area contributed by atoms with Crippen molar-refractivity contribution in [3.05, 3.63) is 40.8 Å². The number of thiazole rings is 1. The van der Waals surface area contributed by atoms with Crippen LogP contribution in [-0.2, 0) is 4.74 Å². The van der Waals surface area contributed by atoms with Crippen molar-refractivity contribution in [3.8, 4) is 11.5 Å². The maximum Gasteiger partial charge on any atom is 0.161 e. The summed E-state index contributed by atoms with van der Waals surface area (Å²) in [6.45, 7) is 4.02. The molecule has 1 saturated heterocycles. The van der Waals surface area contributed by atoms with E-state index in [4.69, 9.17) is 14.2 Å². The van der Waals surface area contributed by atoms with Gasteiger partial charge in [-0.15, -0.1) is 11.3 Å². The van der Waals surface area contributed by atoms with E-state index in [1.165, 1.54) is 0 Å². The molecule has 0 unspecified atom stereocenters. The number of aromatic nitrogens is 1.